The summed E-state index contributed by atoms with van der Waals surface area (Å²) in [6.07, 6.45) is -0.596. The van der Waals surface area contributed by atoms with Gasteiger partial charge in [-0.3, -0.25) is 9.59 Å². The number of ether oxygens (including phenoxy) is 3. The van der Waals surface area contributed by atoms with Crippen molar-refractivity contribution in [3.05, 3.63) is 35.6 Å². The van der Waals surface area contributed by atoms with Gasteiger partial charge in [0.2, 0.25) is 5.78 Å². The molecule has 140 valence electrons. The number of hydrogen-bond acceptors (Lipinski definition) is 7. The van der Waals surface area contributed by atoms with E-state index in [1.165, 1.54) is 13.0 Å². The molecule has 7 heteroatoms. The van der Waals surface area contributed by atoms with Gasteiger partial charge in [0.05, 0.1) is 11.8 Å². The highest BCUT2D eigenvalue weighted by Crippen LogP contribution is 2.42. The molecule has 1 fully saturated rings. The highest BCUT2D eigenvalue weighted by atomic mass is 16.6. The normalized spacial score (nSPS) is 38.3. The maximum atomic E-state index is 12.5. The summed E-state index contributed by atoms with van der Waals surface area (Å²) in [4.78, 5) is 36.8. The molecule has 3 heterocycles. The van der Waals surface area contributed by atoms with Gasteiger partial charge in [0.15, 0.2) is 5.60 Å². The summed E-state index contributed by atoms with van der Waals surface area (Å²) >= 11 is 0. The molecule has 0 saturated carbocycles. The number of carbonyl (C=O) groups is 3. The number of esters is 2. The molecule has 3 aliphatic rings. The number of aliphatic hydroxyl groups is 1. The number of allylic oxidation sites excluding steroid dienone is 1. The average molecular weight is 362 g/mol. The average Bonchev–Trinajstić information content (AvgIpc) is 3.02. The lowest BCUT2D eigenvalue weighted by atomic mass is 9.80. The van der Waals surface area contributed by atoms with Crippen LogP contribution in [0.4, 0.5) is 0 Å². The molecule has 0 aromatic heterocycles. The second kappa shape index (κ2) is 6.09. The molecule has 1 N–H and O–H groups in total. The van der Waals surface area contributed by atoms with E-state index in [1.54, 1.807) is 26.8 Å². The summed E-state index contributed by atoms with van der Waals surface area (Å²) in [6, 6.07) is 0. The summed E-state index contributed by atoms with van der Waals surface area (Å²) in [5.41, 5.74) is -0.960. The van der Waals surface area contributed by atoms with Crippen LogP contribution in [-0.2, 0) is 28.6 Å². The van der Waals surface area contributed by atoms with E-state index in [2.05, 4.69) is 6.58 Å². The van der Waals surface area contributed by atoms with E-state index in [1.807, 2.05) is 0 Å². The van der Waals surface area contributed by atoms with Crippen LogP contribution in [-0.4, -0.2) is 46.7 Å². The molecular weight excluding hydrogens is 340 g/mol. The Kier molecular flexibility index (Phi) is 4.30. The number of rotatable bonds is 2. The van der Waals surface area contributed by atoms with Gasteiger partial charge in [-0.2, -0.15) is 0 Å². The molecule has 1 saturated heterocycles. The van der Waals surface area contributed by atoms with E-state index in [9.17, 15) is 19.5 Å². The van der Waals surface area contributed by atoms with E-state index < -0.39 is 53.5 Å². The van der Waals surface area contributed by atoms with Gasteiger partial charge in [0, 0.05) is 11.6 Å². The second-order valence-corrected chi connectivity index (χ2v) is 7.35. The Morgan fingerprint density at radius 2 is 2.04 bits per heavy atom. The highest BCUT2D eigenvalue weighted by Gasteiger charge is 2.57. The highest BCUT2D eigenvalue weighted by molar-refractivity contribution is 6.00. The van der Waals surface area contributed by atoms with Crippen LogP contribution in [0.3, 0.4) is 0 Å². The van der Waals surface area contributed by atoms with Crippen LogP contribution in [0.25, 0.3) is 0 Å². The zero-order valence-electron chi connectivity index (χ0n) is 15.1. The zero-order valence-corrected chi connectivity index (χ0v) is 15.1. The quantitative estimate of drug-likeness (QED) is 0.582. The molecule has 0 radical (unpaired) electrons. The maximum absolute atomic E-state index is 12.5. The van der Waals surface area contributed by atoms with E-state index in [0.29, 0.717) is 11.3 Å². The molecular formula is C19H22O7. The Morgan fingerprint density at radius 1 is 1.38 bits per heavy atom. The lowest BCUT2D eigenvalue weighted by Crippen LogP contribution is -2.56. The fourth-order valence-corrected chi connectivity index (χ4v) is 3.35. The SMILES string of the molecule is C=C1C(=O)O[C@@H]2/C=C(/C)C3=CC(=O)[C@@](C)(O3)[C@H](O)[C@@H](OC(=O)C(C)C)[C@@H]12. The fourth-order valence-electron chi connectivity index (χ4n) is 3.35. The number of ketones is 1. The minimum atomic E-state index is -1.63. The number of aliphatic hydroxyl groups excluding tert-OH is 1. The van der Waals surface area contributed by atoms with E-state index >= 15 is 0 Å². The number of fused-ring (bicyclic) bond motifs is 3. The lowest BCUT2D eigenvalue weighted by Gasteiger charge is -2.36. The Hall–Kier alpha value is -2.41. The van der Waals surface area contributed by atoms with Crippen molar-refractivity contribution in [1.29, 1.82) is 0 Å². The smallest absolute Gasteiger partial charge is 0.334 e. The summed E-state index contributed by atoms with van der Waals surface area (Å²) in [5, 5.41) is 11.0. The Bertz CT molecular complexity index is 760. The van der Waals surface area contributed by atoms with Gasteiger partial charge >= 0.3 is 11.9 Å². The Morgan fingerprint density at radius 3 is 2.65 bits per heavy atom. The van der Waals surface area contributed by atoms with Crippen LogP contribution >= 0.6 is 0 Å². The molecule has 3 aliphatic heterocycles. The lowest BCUT2D eigenvalue weighted by molar-refractivity contribution is -0.181. The van der Waals surface area contributed by atoms with Crippen molar-refractivity contribution in [1.82, 2.24) is 0 Å². The van der Waals surface area contributed by atoms with Crippen molar-refractivity contribution < 1.29 is 33.7 Å². The third kappa shape index (κ3) is 2.67. The molecule has 3 rings (SSSR count). The van der Waals surface area contributed by atoms with Crippen molar-refractivity contribution in [3.8, 4) is 0 Å². The molecule has 0 aromatic carbocycles. The molecule has 7 nitrogen and oxygen atoms in total. The van der Waals surface area contributed by atoms with Gasteiger partial charge in [-0.25, -0.2) is 4.79 Å². The van der Waals surface area contributed by atoms with Gasteiger partial charge < -0.3 is 19.3 Å². The maximum Gasteiger partial charge on any atom is 0.334 e. The van der Waals surface area contributed by atoms with Crippen LogP contribution in [0.5, 0.6) is 0 Å². The standard InChI is InChI=1S/C19H22O7/c1-8(2)17(22)25-15-14-10(4)18(23)24-12(14)6-9(3)11-7-13(20)19(5,26-11)16(15)21/h6-8,12,14-16,21H,4H2,1-3,5H3/b9-6-/t12-,14+,15+,16-,19-/m1/s1. The van der Waals surface area contributed by atoms with Crippen molar-refractivity contribution in [2.24, 2.45) is 11.8 Å². The summed E-state index contributed by atoms with van der Waals surface area (Å²) in [7, 11) is 0. The van der Waals surface area contributed by atoms with Gasteiger partial charge in [-0.15, -0.1) is 0 Å². The van der Waals surface area contributed by atoms with Crippen LogP contribution < -0.4 is 0 Å². The van der Waals surface area contributed by atoms with Gasteiger partial charge in [0.1, 0.15) is 24.1 Å². The second-order valence-electron chi connectivity index (χ2n) is 7.35. The molecule has 2 bridgehead atoms. The fraction of sp³-hybridized carbons (Fsp3) is 0.526. The van der Waals surface area contributed by atoms with Crippen molar-refractivity contribution >= 4 is 17.7 Å². The predicted molar refractivity (Wildman–Crippen MR) is 89.6 cm³/mol. The minimum absolute atomic E-state index is 0.0856. The van der Waals surface area contributed by atoms with Crippen molar-refractivity contribution in [3.63, 3.8) is 0 Å². The first-order valence-corrected chi connectivity index (χ1v) is 8.48. The summed E-state index contributed by atoms with van der Waals surface area (Å²) in [5.74, 6) is -2.61. The van der Waals surface area contributed by atoms with Crippen LogP contribution in [0.2, 0.25) is 0 Å². The number of hydrogen-bond donors (Lipinski definition) is 1. The molecule has 0 amide bonds. The van der Waals surface area contributed by atoms with Crippen LogP contribution in [0, 0.1) is 11.8 Å². The van der Waals surface area contributed by atoms with Gasteiger partial charge in [-0.05, 0) is 25.5 Å². The molecule has 5 atom stereocenters. The summed E-state index contributed by atoms with van der Waals surface area (Å²) in [6.45, 7) is 10.2. The van der Waals surface area contributed by atoms with Gasteiger partial charge in [-0.1, -0.05) is 20.4 Å². The van der Waals surface area contributed by atoms with Gasteiger partial charge in [0.25, 0.3) is 0 Å². The van der Waals surface area contributed by atoms with Crippen molar-refractivity contribution in [2.45, 2.75) is 51.6 Å². The predicted octanol–water partition coefficient (Wildman–Crippen LogP) is 1.21. The van der Waals surface area contributed by atoms with E-state index in [4.69, 9.17) is 14.2 Å². The minimum Gasteiger partial charge on any atom is -0.476 e. The van der Waals surface area contributed by atoms with E-state index in [-0.39, 0.29) is 5.57 Å². The first kappa shape index (κ1) is 18.4. The summed E-state index contributed by atoms with van der Waals surface area (Å²) < 4.78 is 16.6. The molecule has 0 aliphatic carbocycles. The Balaban J connectivity index is 2.12. The number of carbonyl (C=O) groups excluding carboxylic acids is 3. The monoisotopic (exact) mass is 362 g/mol. The third-order valence-corrected chi connectivity index (χ3v) is 5.09. The molecule has 0 aromatic rings. The molecule has 26 heavy (non-hydrogen) atoms. The zero-order chi connectivity index (χ0) is 19.4. The van der Waals surface area contributed by atoms with Crippen LogP contribution in [0.1, 0.15) is 27.7 Å². The van der Waals surface area contributed by atoms with Crippen LogP contribution in [0.15, 0.2) is 35.6 Å². The third-order valence-electron chi connectivity index (χ3n) is 5.09. The largest absolute Gasteiger partial charge is 0.476 e. The first-order chi connectivity index (χ1) is 12.1. The van der Waals surface area contributed by atoms with Crippen molar-refractivity contribution in [2.75, 3.05) is 0 Å². The molecule has 0 unspecified atom stereocenters. The van der Waals surface area contributed by atoms with E-state index in [0.717, 1.165) is 0 Å². The Labute approximate surface area is 151 Å². The topological polar surface area (TPSA) is 99.1 Å². The molecule has 0 spiro atoms. The first-order valence-electron chi connectivity index (χ1n) is 8.48.